The third-order valence-electron chi connectivity index (χ3n) is 5.35. The maximum absolute atomic E-state index is 4.73. The molecule has 3 nitrogen and oxygen atoms in total. The quantitative estimate of drug-likeness (QED) is 0.885. The van der Waals surface area contributed by atoms with Crippen molar-refractivity contribution in [1.29, 1.82) is 0 Å². The first kappa shape index (κ1) is 13.0. The largest absolute Gasteiger partial charge is 0.353 e. The molecule has 0 aromatic carbocycles. The fourth-order valence-electron chi connectivity index (χ4n) is 3.82. The molecule has 19 heavy (non-hydrogen) atoms. The molecule has 0 radical (unpaired) electrons. The Morgan fingerprint density at radius 3 is 2.53 bits per heavy atom. The van der Waals surface area contributed by atoms with Gasteiger partial charge < -0.3 is 9.88 Å². The number of hydrogen-bond donors (Lipinski definition) is 1. The van der Waals surface area contributed by atoms with E-state index in [1.54, 1.807) is 0 Å². The Bertz CT molecular complexity index is 431. The van der Waals surface area contributed by atoms with E-state index in [0.29, 0.717) is 12.1 Å². The second kappa shape index (κ2) is 5.18. The van der Waals surface area contributed by atoms with Crippen LogP contribution < -0.4 is 5.32 Å². The average molecular weight is 261 g/mol. The van der Waals surface area contributed by atoms with E-state index < -0.39 is 0 Å². The smallest absolute Gasteiger partial charge is 0.203 e. The van der Waals surface area contributed by atoms with Gasteiger partial charge in [-0.1, -0.05) is 26.7 Å². The molecule has 1 aromatic heterocycles. The zero-order chi connectivity index (χ0) is 13.4. The summed E-state index contributed by atoms with van der Waals surface area (Å²) in [5, 5.41) is 3.74. The highest BCUT2D eigenvalue weighted by molar-refractivity contribution is 5.32. The van der Waals surface area contributed by atoms with Gasteiger partial charge in [-0.2, -0.15) is 0 Å². The van der Waals surface area contributed by atoms with Crippen molar-refractivity contribution < 1.29 is 0 Å². The summed E-state index contributed by atoms with van der Waals surface area (Å²) in [6.07, 6.45) is 10.3. The molecular weight excluding hydrogens is 234 g/mol. The molecule has 3 rings (SSSR count). The molecule has 2 aliphatic rings. The van der Waals surface area contributed by atoms with Gasteiger partial charge in [0.2, 0.25) is 5.95 Å². The zero-order valence-corrected chi connectivity index (χ0v) is 12.5. The van der Waals surface area contributed by atoms with Crippen molar-refractivity contribution in [2.24, 2.45) is 11.8 Å². The van der Waals surface area contributed by atoms with Crippen LogP contribution in [0.2, 0.25) is 0 Å². The van der Waals surface area contributed by atoms with Crippen molar-refractivity contribution in [3.05, 3.63) is 11.9 Å². The summed E-state index contributed by atoms with van der Waals surface area (Å²) >= 11 is 0. The second-order valence-electron chi connectivity index (χ2n) is 6.72. The van der Waals surface area contributed by atoms with Crippen molar-refractivity contribution >= 4 is 5.95 Å². The Hall–Kier alpha value is -0.990. The molecule has 2 saturated carbocycles. The first-order valence-electron chi connectivity index (χ1n) is 7.97. The normalized spacial score (nSPS) is 32.1. The number of imidazole rings is 1. The lowest BCUT2D eigenvalue weighted by Gasteiger charge is -2.22. The second-order valence-corrected chi connectivity index (χ2v) is 6.72. The van der Waals surface area contributed by atoms with E-state index in [1.807, 2.05) is 0 Å². The molecule has 3 unspecified atom stereocenters. The Morgan fingerprint density at radius 2 is 1.89 bits per heavy atom. The maximum atomic E-state index is 4.73. The number of hydrogen-bond acceptors (Lipinski definition) is 2. The van der Waals surface area contributed by atoms with Gasteiger partial charge in [0.1, 0.15) is 0 Å². The van der Waals surface area contributed by atoms with E-state index in [9.17, 15) is 0 Å². The fraction of sp³-hybridized carbons (Fsp3) is 0.812. The highest BCUT2D eigenvalue weighted by atomic mass is 15.2. The van der Waals surface area contributed by atoms with E-state index in [1.165, 1.54) is 38.5 Å². The first-order valence-corrected chi connectivity index (χ1v) is 7.97. The third kappa shape index (κ3) is 2.52. The van der Waals surface area contributed by atoms with Gasteiger partial charge in [-0.15, -0.1) is 0 Å². The average Bonchev–Trinajstić information content (AvgIpc) is 3.07. The number of anilines is 1. The van der Waals surface area contributed by atoms with Gasteiger partial charge in [0, 0.05) is 18.3 Å². The van der Waals surface area contributed by atoms with Crippen molar-refractivity contribution in [3.8, 4) is 0 Å². The van der Waals surface area contributed by atoms with Gasteiger partial charge in [-0.05, 0) is 44.4 Å². The molecule has 106 valence electrons. The van der Waals surface area contributed by atoms with Crippen molar-refractivity contribution in [3.63, 3.8) is 0 Å². The molecule has 2 fully saturated rings. The Morgan fingerprint density at radius 1 is 1.16 bits per heavy atom. The van der Waals surface area contributed by atoms with Crippen molar-refractivity contribution in [1.82, 2.24) is 9.55 Å². The van der Waals surface area contributed by atoms with Crippen LogP contribution in [0, 0.1) is 18.8 Å². The Balaban J connectivity index is 1.77. The highest BCUT2D eigenvalue weighted by Gasteiger charge is 2.31. The standard InChI is InChI=1S/C16H27N3/c1-11-8-9-15(13(11)3)18-16-17-12(2)10-19(16)14-6-4-5-7-14/h10-11,13-15H,4-9H2,1-3H3,(H,17,18). The minimum Gasteiger partial charge on any atom is -0.353 e. The van der Waals surface area contributed by atoms with Crippen LogP contribution in [0.3, 0.4) is 0 Å². The summed E-state index contributed by atoms with van der Waals surface area (Å²) in [4.78, 5) is 4.73. The molecule has 1 aromatic rings. The van der Waals surface area contributed by atoms with Gasteiger partial charge in [0.05, 0.1) is 5.69 Å². The summed E-state index contributed by atoms with van der Waals surface area (Å²) < 4.78 is 2.41. The molecular formula is C16H27N3. The fourth-order valence-corrected chi connectivity index (χ4v) is 3.82. The lowest BCUT2D eigenvalue weighted by molar-refractivity contribution is 0.431. The van der Waals surface area contributed by atoms with Crippen LogP contribution in [-0.2, 0) is 0 Å². The topological polar surface area (TPSA) is 29.9 Å². The molecule has 3 heteroatoms. The number of aromatic nitrogens is 2. The van der Waals surface area contributed by atoms with E-state index in [0.717, 1.165) is 23.5 Å². The lowest BCUT2D eigenvalue weighted by Crippen LogP contribution is -2.26. The summed E-state index contributed by atoms with van der Waals surface area (Å²) in [5.74, 6) is 2.72. The summed E-state index contributed by atoms with van der Waals surface area (Å²) in [5.41, 5.74) is 1.15. The van der Waals surface area contributed by atoms with E-state index in [2.05, 4.69) is 36.9 Å². The van der Waals surface area contributed by atoms with Gasteiger partial charge in [-0.3, -0.25) is 0 Å². The molecule has 3 atom stereocenters. The first-order chi connectivity index (χ1) is 9.15. The SMILES string of the molecule is Cc1cn(C2CCCC2)c(NC2CCC(C)C2C)n1. The molecule has 1 N–H and O–H groups in total. The molecule has 0 spiro atoms. The molecule has 0 amide bonds. The minimum atomic E-state index is 0.608. The highest BCUT2D eigenvalue weighted by Crippen LogP contribution is 2.35. The number of aryl methyl sites for hydroxylation is 1. The van der Waals surface area contributed by atoms with Crippen LogP contribution in [0.15, 0.2) is 6.20 Å². The van der Waals surface area contributed by atoms with Gasteiger partial charge in [0.25, 0.3) is 0 Å². The molecule has 1 heterocycles. The summed E-state index contributed by atoms with van der Waals surface area (Å²) in [6.45, 7) is 6.86. The number of rotatable bonds is 3. The predicted molar refractivity (Wildman–Crippen MR) is 79.4 cm³/mol. The van der Waals surface area contributed by atoms with E-state index in [-0.39, 0.29) is 0 Å². The maximum Gasteiger partial charge on any atom is 0.203 e. The van der Waals surface area contributed by atoms with Crippen LogP contribution >= 0.6 is 0 Å². The minimum absolute atomic E-state index is 0.608. The van der Waals surface area contributed by atoms with Gasteiger partial charge in [0.15, 0.2) is 0 Å². The third-order valence-corrected chi connectivity index (χ3v) is 5.35. The number of nitrogens with zero attached hydrogens (tertiary/aromatic N) is 2. The Kier molecular flexibility index (Phi) is 3.55. The molecule has 0 aliphatic heterocycles. The van der Waals surface area contributed by atoms with Crippen LogP contribution in [0.4, 0.5) is 5.95 Å². The number of nitrogens with one attached hydrogen (secondary N) is 1. The van der Waals surface area contributed by atoms with Crippen molar-refractivity contribution in [2.45, 2.75) is 71.4 Å². The van der Waals surface area contributed by atoms with Crippen LogP contribution in [-0.4, -0.2) is 15.6 Å². The lowest BCUT2D eigenvalue weighted by atomic mass is 9.98. The molecule has 2 aliphatic carbocycles. The summed E-state index contributed by atoms with van der Waals surface area (Å²) in [7, 11) is 0. The van der Waals surface area contributed by atoms with Crippen LogP contribution in [0.1, 0.15) is 64.1 Å². The van der Waals surface area contributed by atoms with Gasteiger partial charge >= 0.3 is 0 Å². The van der Waals surface area contributed by atoms with E-state index in [4.69, 9.17) is 4.98 Å². The van der Waals surface area contributed by atoms with Crippen LogP contribution in [0.5, 0.6) is 0 Å². The zero-order valence-electron chi connectivity index (χ0n) is 12.5. The molecule has 0 saturated heterocycles. The van der Waals surface area contributed by atoms with Gasteiger partial charge in [-0.25, -0.2) is 4.98 Å². The summed E-state index contributed by atoms with van der Waals surface area (Å²) in [6, 6.07) is 1.29. The molecule has 0 bridgehead atoms. The van der Waals surface area contributed by atoms with E-state index >= 15 is 0 Å². The van der Waals surface area contributed by atoms with Crippen molar-refractivity contribution in [2.75, 3.05) is 5.32 Å². The monoisotopic (exact) mass is 261 g/mol. The van der Waals surface area contributed by atoms with Crippen LogP contribution in [0.25, 0.3) is 0 Å². The predicted octanol–water partition coefficient (Wildman–Crippen LogP) is 4.15. The Labute approximate surface area is 116 Å².